The van der Waals surface area contributed by atoms with Gasteiger partial charge in [0.1, 0.15) is 35.8 Å². The van der Waals surface area contributed by atoms with Gasteiger partial charge in [0.15, 0.2) is 17.3 Å². The molecule has 5 N–H and O–H groups in total. The second kappa shape index (κ2) is 6.29. The number of nitrogens with zero attached hydrogens (tertiary/aromatic N) is 3. The minimum Gasteiger partial charge on any atom is -0.390 e. The molecule has 1 aliphatic rings. The van der Waals surface area contributed by atoms with E-state index in [0.29, 0.717) is 0 Å². The van der Waals surface area contributed by atoms with E-state index in [1.54, 1.807) is 0 Å². The van der Waals surface area contributed by atoms with Crippen LogP contribution < -0.4 is 11.2 Å². The van der Waals surface area contributed by atoms with Crippen molar-refractivity contribution >= 4 is 16.9 Å². The van der Waals surface area contributed by atoms with E-state index in [4.69, 9.17) is 10.5 Å². The predicted molar refractivity (Wildman–Crippen MR) is 85.0 cm³/mol. The van der Waals surface area contributed by atoms with Crippen molar-refractivity contribution in [3.8, 4) is 0 Å². The van der Waals surface area contributed by atoms with Crippen LogP contribution in [0.3, 0.4) is 0 Å². The summed E-state index contributed by atoms with van der Waals surface area (Å²) in [6, 6.07) is 1.25. The standard InChI is InChI=1S/C15H18N4O5/c1-2-3-8(21)12-10(22)11(23)15(24-12)19-5-4-7(20)9-13(16)17-6-18-14(9)19/h2,4-6,8,10-12,15,21-23H,1,3H2,(H2,16,17,18)/t8-,10+,11-,12-,15-/m1/s1. The molecule has 1 saturated heterocycles. The number of aliphatic hydroxyl groups is 3. The molecule has 1 fully saturated rings. The summed E-state index contributed by atoms with van der Waals surface area (Å²) in [7, 11) is 0. The lowest BCUT2D eigenvalue weighted by Gasteiger charge is -2.21. The summed E-state index contributed by atoms with van der Waals surface area (Å²) >= 11 is 0. The fraction of sp³-hybridized carbons (Fsp3) is 0.400. The van der Waals surface area contributed by atoms with E-state index >= 15 is 0 Å². The number of rotatable bonds is 4. The second-order valence-electron chi connectivity index (χ2n) is 5.61. The fourth-order valence-electron chi connectivity index (χ4n) is 2.87. The minimum atomic E-state index is -1.32. The molecule has 0 saturated carbocycles. The van der Waals surface area contributed by atoms with E-state index in [-0.39, 0.29) is 28.7 Å². The lowest BCUT2D eigenvalue weighted by Crippen LogP contribution is -2.38. The zero-order valence-corrected chi connectivity index (χ0v) is 12.7. The van der Waals surface area contributed by atoms with Gasteiger partial charge < -0.3 is 30.4 Å². The third-order valence-electron chi connectivity index (χ3n) is 4.07. The molecular weight excluding hydrogens is 316 g/mol. The van der Waals surface area contributed by atoms with Crippen molar-refractivity contribution in [3.05, 3.63) is 41.5 Å². The number of nitrogens with two attached hydrogens (primary N) is 1. The maximum atomic E-state index is 12.0. The highest BCUT2D eigenvalue weighted by atomic mass is 16.6. The van der Waals surface area contributed by atoms with Crippen LogP contribution in [-0.4, -0.2) is 54.3 Å². The maximum Gasteiger partial charge on any atom is 0.194 e. The molecule has 0 unspecified atom stereocenters. The van der Waals surface area contributed by atoms with Crippen molar-refractivity contribution in [1.82, 2.24) is 14.5 Å². The third-order valence-corrected chi connectivity index (χ3v) is 4.07. The zero-order chi connectivity index (χ0) is 17.4. The van der Waals surface area contributed by atoms with Crippen molar-refractivity contribution in [2.45, 2.75) is 37.1 Å². The van der Waals surface area contributed by atoms with E-state index in [9.17, 15) is 20.1 Å². The molecule has 0 aliphatic carbocycles. The lowest BCUT2D eigenvalue weighted by atomic mass is 10.0. The van der Waals surface area contributed by atoms with Gasteiger partial charge in [-0.2, -0.15) is 0 Å². The number of anilines is 1. The highest BCUT2D eigenvalue weighted by Crippen LogP contribution is 2.33. The summed E-state index contributed by atoms with van der Waals surface area (Å²) in [4.78, 5) is 19.8. The van der Waals surface area contributed by atoms with Crippen LogP contribution in [0.4, 0.5) is 5.82 Å². The molecule has 24 heavy (non-hydrogen) atoms. The van der Waals surface area contributed by atoms with Crippen LogP contribution in [0.2, 0.25) is 0 Å². The average Bonchev–Trinajstić information content (AvgIpc) is 2.84. The molecule has 9 heteroatoms. The summed E-state index contributed by atoms with van der Waals surface area (Å²) in [6.07, 6.45) is -1.43. The first-order valence-corrected chi connectivity index (χ1v) is 7.37. The highest BCUT2D eigenvalue weighted by Gasteiger charge is 2.46. The SMILES string of the molecule is C=CC[C@@H](O)[C@H]1O[C@@H](n2ccc(=O)c3c(N)ncnc32)[C@H](O)[C@@H]1O. The van der Waals surface area contributed by atoms with E-state index in [2.05, 4.69) is 16.5 Å². The highest BCUT2D eigenvalue weighted by molar-refractivity contribution is 5.84. The predicted octanol–water partition coefficient (Wildman–Crippen LogP) is -1.07. The molecule has 1 aliphatic heterocycles. The maximum absolute atomic E-state index is 12.0. The summed E-state index contributed by atoms with van der Waals surface area (Å²) in [5.74, 6) is 0.00984. The van der Waals surface area contributed by atoms with Crippen molar-refractivity contribution in [2.75, 3.05) is 5.73 Å². The van der Waals surface area contributed by atoms with Gasteiger partial charge in [-0.3, -0.25) is 4.79 Å². The van der Waals surface area contributed by atoms with Gasteiger partial charge in [0.05, 0.1) is 6.10 Å². The van der Waals surface area contributed by atoms with Gasteiger partial charge in [-0.15, -0.1) is 6.58 Å². The molecule has 128 valence electrons. The van der Waals surface area contributed by atoms with Gasteiger partial charge >= 0.3 is 0 Å². The number of hydrogen-bond acceptors (Lipinski definition) is 8. The quantitative estimate of drug-likeness (QED) is 0.517. The van der Waals surface area contributed by atoms with Crippen LogP contribution in [0, 0.1) is 0 Å². The number of aromatic nitrogens is 3. The third kappa shape index (κ3) is 2.57. The van der Waals surface area contributed by atoms with Crippen LogP contribution in [0.5, 0.6) is 0 Å². The summed E-state index contributed by atoms with van der Waals surface area (Å²) < 4.78 is 7.03. The van der Waals surface area contributed by atoms with Crippen LogP contribution in [0.15, 0.2) is 36.0 Å². The van der Waals surface area contributed by atoms with Gasteiger partial charge in [0.25, 0.3) is 0 Å². The summed E-state index contributed by atoms with van der Waals surface area (Å²) in [5, 5.41) is 30.6. The van der Waals surface area contributed by atoms with Crippen LogP contribution in [0.1, 0.15) is 12.6 Å². The Bertz CT molecular complexity index is 823. The van der Waals surface area contributed by atoms with Gasteiger partial charge in [0.2, 0.25) is 0 Å². The molecule has 3 heterocycles. The molecule has 3 rings (SSSR count). The number of fused-ring (bicyclic) bond motifs is 1. The molecule has 0 spiro atoms. The molecule has 0 radical (unpaired) electrons. The summed E-state index contributed by atoms with van der Waals surface area (Å²) in [6.45, 7) is 3.52. The minimum absolute atomic E-state index is 0.00984. The summed E-state index contributed by atoms with van der Waals surface area (Å²) in [5.41, 5.74) is 5.54. The second-order valence-corrected chi connectivity index (χ2v) is 5.61. The molecule has 9 nitrogen and oxygen atoms in total. The monoisotopic (exact) mass is 334 g/mol. The Balaban J connectivity index is 2.05. The molecule has 5 atom stereocenters. The van der Waals surface area contributed by atoms with Crippen LogP contribution in [0.25, 0.3) is 11.0 Å². The Morgan fingerprint density at radius 2 is 2.17 bits per heavy atom. The van der Waals surface area contributed by atoms with Crippen molar-refractivity contribution in [2.24, 2.45) is 0 Å². The molecule has 0 aromatic carbocycles. The lowest BCUT2D eigenvalue weighted by molar-refractivity contribution is -0.0822. The Kier molecular flexibility index (Phi) is 4.33. The number of ether oxygens (including phenoxy) is 1. The van der Waals surface area contributed by atoms with E-state index in [0.717, 1.165) is 0 Å². The first-order chi connectivity index (χ1) is 11.5. The number of aliphatic hydroxyl groups excluding tert-OH is 3. The Labute approximate surface area is 136 Å². The molecule has 0 amide bonds. The topological polar surface area (TPSA) is 144 Å². The fourth-order valence-corrected chi connectivity index (χ4v) is 2.87. The van der Waals surface area contributed by atoms with E-state index in [1.165, 1.54) is 29.2 Å². The first-order valence-electron chi connectivity index (χ1n) is 7.37. The smallest absolute Gasteiger partial charge is 0.194 e. The Hall–Kier alpha value is -2.33. The normalized spacial score (nSPS) is 28.1. The van der Waals surface area contributed by atoms with Gasteiger partial charge in [-0.1, -0.05) is 6.08 Å². The first kappa shape index (κ1) is 16.5. The van der Waals surface area contributed by atoms with E-state index in [1.807, 2.05) is 0 Å². The average molecular weight is 334 g/mol. The zero-order valence-electron chi connectivity index (χ0n) is 12.7. The molecule has 2 aromatic heterocycles. The van der Waals surface area contributed by atoms with Crippen LogP contribution >= 0.6 is 0 Å². The van der Waals surface area contributed by atoms with E-state index < -0.39 is 30.6 Å². The van der Waals surface area contributed by atoms with Crippen molar-refractivity contribution in [3.63, 3.8) is 0 Å². The molecular formula is C15H18N4O5. The number of pyridine rings is 1. The van der Waals surface area contributed by atoms with Crippen molar-refractivity contribution < 1.29 is 20.1 Å². The van der Waals surface area contributed by atoms with Gasteiger partial charge in [-0.25, -0.2) is 9.97 Å². The van der Waals surface area contributed by atoms with Crippen LogP contribution in [-0.2, 0) is 4.74 Å². The van der Waals surface area contributed by atoms with Crippen molar-refractivity contribution in [1.29, 1.82) is 0 Å². The van der Waals surface area contributed by atoms with Gasteiger partial charge in [0, 0.05) is 12.3 Å². The van der Waals surface area contributed by atoms with Gasteiger partial charge in [-0.05, 0) is 6.42 Å². The largest absolute Gasteiger partial charge is 0.390 e. The molecule has 0 bridgehead atoms. The number of nitrogen functional groups attached to an aromatic ring is 1. The molecule has 2 aromatic rings. The Morgan fingerprint density at radius 1 is 1.42 bits per heavy atom. The Morgan fingerprint density at radius 3 is 2.88 bits per heavy atom. The number of hydrogen-bond donors (Lipinski definition) is 4.